The molecule has 1 fully saturated rings. The average Bonchev–Trinajstić information content (AvgIpc) is 2.59. The van der Waals surface area contributed by atoms with Gasteiger partial charge in [0, 0.05) is 12.5 Å². The molecule has 0 amide bonds. The molecule has 1 atom stereocenters. The maximum atomic E-state index is 12.5. The zero-order valence-corrected chi connectivity index (χ0v) is 16.7. The van der Waals surface area contributed by atoms with Crippen LogP contribution >= 0.6 is 0 Å². The first kappa shape index (κ1) is 20.2. The molecule has 1 heterocycles. The van der Waals surface area contributed by atoms with Crippen molar-refractivity contribution in [2.75, 3.05) is 13.1 Å². The second-order valence-electron chi connectivity index (χ2n) is 7.81. The number of nitrogens with zero attached hydrogens (tertiary/aromatic N) is 2. The monoisotopic (exact) mass is 360 g/mol. The van der Waals surface area contributed by atoms with Gasteiger partial charge >= 0.3 is 0 Å². The third kappa shape index (κ3) is 6.61. The van der Waals surface area contributed by atoms with Gasteiger partial charge in [0.25, 0.3) is 0 Å². The minimum Gasteiger partial charge on any atom is -0.591 e. The lowest BCUT2D eigenvalue weighted by atomic mass is 9.89. The van der Waals surface area contributed by atoms with Crippen LogP contribution < -0.4 is 0 Å². The van der Waals surface area contributed by atoms with E-state index in [1.54, 1.807) is 0 Å². The van der Waals surface area contributed by atoms with Crippen molar-refractivity contribution < 1.29 is 4.55 Å². The maximum Gasteiger partial charge on any atom is 0.144 e. The minimum atomic E-state index is -1.17. The van der Waals surface area contributed by atoms with E-state index in [1.165, 1.54) is 5.56 Å². The lowest BCUT2D eigenvalue weighted by Gasteiger charge is -2.32. The molecule has 138 valence electrons. The van der Waals surface area contributed by atoms with Crippen LogP contribution in [-0.4, -0.2) is 33.0 Å². The zero-order chi connectivity index (χ0) is 18.3. The third-order valence-corrected chi connectivity index (χ3v) is 6.08. The SMILES string of the molecule is C=CCCC(=N[S@+]([O-])C(C)(C)C)C1CCN(Cc2ccccc2)CC1. The van der Waals surface area contributed by atoms with Crippen molar-refractivity contribution in [1.29, 1.82) is 0 Å². The maximum absolute atomic E-state index is 12.5. The normalized spacial score (nSPS) is 19.0. The predicted molar refractivity (Wildman–Crippen MR) is 109 cm³/mol. The molecule has 1 aromatic rings. The molecule has 0 unspecified atom stereocenters. The molecule has 1 aliphatic heterocycles. The number of allylic oxidation sites excluding steroid dienone is 1. The Morgan fingerprint density at radius 1 is 1.28 bits per heavy atom. The molecule has 1 aromatic carbocycles. The summed E-state index contributed by atoms with van der Waals surface area (Å²) in [6.45, 7) is 13.0. The fraction of sp³-hybridized carbons (Fsp3) is 0.571. The molecule has 0 N–H and O–H groups in total. The van der Waals surface area contributed by atoms with Crippen molar-refractivity contribution in [2.45, 2.75) is 57.7 Å². The Labute approximate surface area is 156 Å². The second-order valence-corrected chi connectivity index (χ2v) is 9.71. The summed E-state index contributed by atoms with van der Waals surface area (Å²) in [5, 5.41) is 0. The van der Waals surface area contributed by atoms with E-state index in [4.69, 9.17) is 0 Å². The van der Waals surface area contributed by atoms with Gasteiger partial charge in [0.05, 0.1) is 5.71 Å². The van der Waals surface area contributed by atoms with Crippen LogP contribution in [0, 0.1) is 5.92 Å². The van der Waals surface area contributed by atoms with Crippen molar-refractivity contribution in [3.05, 3.63) is 48.6 Å². The number of piperidine rings is 1. The summed E-state index contributed by atoms with van der Waals surface area (Å²) >= 11 is -1.17. The van der Waals surface area contributed by atoms with Gasteiger partial charge in [-0.2, -0.15) is 0 Å². The van der Waals surface area contributed by atoms with E-state index in [1.807, 2.05) is 26.8 Å². The van der Waals surface area contributed by atoms with E-state index in [9.17, 15) is 4.55 Å². The number of hydrogen-bond acceptors (Lipinski definition) is 3. The summed E-state index contributed by atoms with van der Waals surface area (Å²) < 4.78 is 16.8. The lowest BCUT2D eigenvalue weighted by molar-refractivity contribution is 0.201. The van der Waals surface area contributed by atoms with Gasteiger partial charge in [0.1, 0.15) is 16.1 Å². The van der Waals surface area contributed by atoms with Gasteiger partial charge in [0.15, 0.2) is 0 Å². The molecule has 1 saturated heterocycles. The van der Waals surface area contributed by atoms with Gasteiger partial charge in [-0.3, -0.25) is 4.90 Å². The molecular weight excluding hydrogens is 328 g/mol. The van der Waals surface area contributed by atoms with Crippen molar-refractivity contribution >= 4 is 17.1 Å². The molecule has 1 aliphatic rings. The van der Waals surface area contributed by atoms with Crippen LogP contribution in [0.15, 0.2) is 47.4 Å². The lowest BCUT2D eigenvalue weighted by Crippen LogP contribution is -2.37. The van der Waals surface area contributed by atoms with E-state index < -0.39 is 11.4 Å². The topological polar surface area (TPSA) is 38.7 Å². The van der Waals surface area contributed by atoms with Crippen molar-refractivity contribution in [3.63, 3.8) is 0 Å². The molecule has 0 aliphatic carbocycles. The van der Waals surface area contributed by atoms with Crippen LogP contribution in [0.5, 0.6) is 0 Å². The third-order valence-electron chi connectivity index (χ3n) is 4.64. The Balaban J connectivity index is 1.96. The van der Waals surface area contributed by atoms with Crippen molar-refractivity contribution in [1.82, 2.24) is 4.90 Å². The molecule has 0 saturated carbocycles. The summed E-state index contributed by atoms with van der Waals surface area (Å²) in [5.74, 6) is 0.457. The Morgan fingerprint density at radius 2 is 1.92 bits per heavy atom. The zero-order valence-electron chi connectivity index (χ0n) is 15.9. The Morgan fingerprint density at radius 3 is 2.48 bits per heavy atom. The fourth-order valence-electron chi connectivity index (χ4n) is 3.08. The molecule has 0 bridgehead atoms. The molecule has 0 spiro atoms. The van der Waals surface area contributed by atoms with E-state index in [-0.39, 0.29) is 4.75 Å². The molecule has 4 heteroatoms. The Hall–Kier alpha value is -1.10. The molecule has 25 heavy (non-hydrogen) atoms. The van der Waals surface area contributed by atoms with Crippen LogP contribution in [0.3, 0.4) is 0 Å². The van der Waals surface area contributed by atoms with Crippen molar-refractivity contribution in [2.24, 2.45) is 10.3 Å². The van der Waals surface area contributed by atoms with E-state index in [2.05, 4.69) is 46.2 Å². The van der Waals surface area contributed by atoms with E-state index in [0.717, 1.165) is 51.0 Å². The van der Waals surface area contributed by atoms with Crippen LogP contribution in [0.4, 0.5) is 0 Å². The molecule has 0 aromatic heterocycles. The Kier molecular flexibility index (Phi) is 7.73. The van der Waals surface area contributed by atoms with Crippen molar-refractivity contribution in [3.8, 4) is 0 Å². The average molecular weight is 361 g/mol. The van der Waals surface area contributed by atoms with Gasteiger partial charge < -0.3 is 4.55 Å². The molecular formula is C21H32N2OS. The summed E-state index contributed by atoms with van der Waals surface area (Å²) in [7, 11) is 0. The number of rotatable bonds is 7. The second kappa shape index (κ2) is 9.56. The summed E-state index contributed by atoms with van der Waals surface area (Å²) in [6, 6.07) is 10.6. The summed E-state index contributed by atoms with van der Waals surface area (Å²) in [6.07, 6.45) is 5.92. The number of likely N-dealkylation sites (tertiary alicyclic amines) is 1. The smallest absolute Gasteiger partial charge is 0.144 e. The fourth-order valence-corrected chi connectivity index (χ4v) is 3.81. The van der Waals surface area contributed by atoms with Gasteiger partial charge in [-0.15, -0.1) is 6.58 Å². The van der Waals surface area contributed by atoms with Gasteiger partial charge in [0.2, 0.25) is 0 Å². The number of hydrogen-bond donors (Lipinski definition) is 0. The van der Waals surface area contributed by atoms with Gasteiger partial charge in [-0.25, -0.2) is 0 Å². The highest BCUT2D eigenvalue weighted by molar-refractivity contribution is 7.91. The standard InChI is InChI=1S/C21H32N2OS/c1-5-6-12-20(22-25(24)21(2,3)4)19-13-15-23(16-14-19)17-18-10-8-7-9-11-18/h5,7-11,19H,1,6,12-17H2,2-4H3/t25-/m1/s1. The van der Waals surface area contributed by atoms with E-state index in [0.29, 0.717) is 5.92 Å². The van der Waals surface area contributed by atoms with Gasteiger partial charge in [-0.05, 0) is 65.1 Å². The highest BCUT2D eigenvalue weighted by atomic mass is 32.2. The first-order valence-corrected chi connectivity index (χ1v) is 10.4. The van der Waals surface area contributed by atoms with Crippen LogP contribution in [0.2, 0.25) is 0 Å². The van der Waals surface area contributed by atoms with Crippen LogP contribution in [0.25, 0.3) is 0 Å². The predicted octanol–water partition coefficient (Wildman–Crippen LogP) is 4.77. The largest absolute Gasteiger partial charge is 0.591 e. The highest BCUT2D eigenvalue weighted by Crippen LogP contribution is 2.25. The highest BCUT2D eigenvalue weighted by Gasteiger charge is 2.30. The summed E-state index contributed by atoms with van der Waals surface area (Å²) in [5.41, 5.74) is 2.50. The number of benzene rings is 1. The molecule has 2 rings (SSSR count). The minimum absolute atomic E-state index is 0.298. The van der Waals surface area contributed by atoms with Crippen LogP contribution in [0.1, 0.15) is 52.0 Å². The Bertz CT molecular complexity index is 557. The summed E-state index contributed by atoms with van der Waals surface area (Å²) in [4.78, 5) is 2.51. The molecule has 0 radical (unpaired) electrons. The first-order valence-electron chi connectivity index (χ1n) is 9.27. The molecule has 3 nitrogen and oxygen atoms in total. The first-order chi connectivity index (χ1) is 11.9. The van der Waals surface area contributed by atoms with Crippen LogP contribution in [-0.2, 0) is 17.9 Å². The van der Waals surface area contributed by atoms with E-state index >= 15 is 0 Å². The quantitative estimate of drug-likeness (QED) is 0.399. The van der Waals surface area contributed by atoms with Gasteiger partial charge in [-0.1, -0.05) is 40.8 Å².